The first-order valence-electron chi connectivity index (χ1n) is 8.72. The number of hydrogen-bond donors (Lipinski definition) is 1. The van der Waals surface area contributed by atoms with Crippen molar-refractivity contribution < 1.29 is 8.42 Å². The quantitative estimate of drug-likeness (QED) is 0.607. The van der Waals surface area contributed by atoms with Crippen LogP contribution in [-0.4, -0.2) is 80.5 Å². The molecule has 1 atom stereocenters. The van der Waals surface area contributed by atoms with Gasteiger partial charge >= 0.3 is 0 Å². The standard InChI is InChI=1S/C16H32N4O2S/c1-5-14(19-8-6-7-9-19)12-18-15(17-4)20-10-11-23(21,22)16(2,3)13-20/h14H,5-13H2,1-4H3,(H,17,18). The molecule has 6 nitrogen and oxygen atoms in total. The van der Waals surface area contributed by atoms with Crippen molar-refractivity contribution in [2.75, 3.05) is 45.5 Å². The molecule has 23 heavy (non-hydrogen) atoms. The van der Waals surface area contributed by atoms with E-state index in [0.29, 0.717) is 19.1 Å². The summed E-state index contributed by atoms with van der Waals surface area (Å²) in [6.45, 7) is 10.1. The van der Waals surface area contributed by atoms with Gasteiger partial charge in [0.1, 0.15) is 0 Å². The number of rotatable bonds is 4. The van der Waals surface area contributed by atoms with Gasteiger partial charge < -0.3 is 10.2 Å². The Balaban J connectivity index is 1.95. The summed E-state index contributed by atoms with van der Waals surface area (Å²) in [4.78, 5) is 9.00. The summed E-state index contributed by atoms with van der Waals surface area (Å²) in [7, 11) is -1.24. The van der Waals surface area contributed by atoms with Crippen molar-refractivity contribution in [3.8, 4) is 0 Å². The van der Waals surface area contributed by atoms with Crippen LogP contribution in [0.3, 0.4) is 0 Å². The van der Waals surface area contributed by atoms with E-state index in [9.17, 15) is 8.42 Å². The maximum absolute atomic E-state index is 12.2. The fraction of sp³-hybridized carbons (Fsp3) is 0.938. The van der Waals surface area contributed by atoms with Crippen molar-refractivity contribution in [2.24, 2.45) is 4.99 Å². The summed E-state index contributed by atoms with van der Waals surface area (Å²) in [5.41, 5.74) is 0. The molecule has 2 fully saturated rings. The molecular weight excluding hydrogens is 312 g/mol. The van der Waals surface area contributed by atoms with E-state index in [0.717, 1.165) is 18.9 Å². The predicted octanol–water partition coefficient (Wildman–Crippen LogP) is 0.945. The zero-order valence-electron chi connectivity index (χ0n) is 15.0. The number of nitrogens with one attached hydrogen (secondary N) is 1. The minimum Gasteiger partial charge on any atom is -0.355 e. The number of guanidine groups is 1. The minimum absolute atomic E-state index is 0.198. The van der Waals surface area contributed by atoms with Gasteiger partial charge in [-0.1, -0.05) is 6.92 Å². The highest BCUT2D eigenvalue weighted by Crippen LogP contribution is 2.23. The van der Waals surface area contributed by atoms with Crippen molar-refractivity contribution in [3.63, 3.8) is 0 Å². The zero-order chi connectivity index (χ0) is 17.1. The Kier molecular flexibility index (Phi) is 5.94. The second kappa shape index (κ2) is 7.38. The summed E-state index contributed by atoms with van der Waals surface area (Å²) in [6, 6.07) is 0.524. The van der Waals surface area contributed by atoms with E-state index in [-0.39, 0.29) is 5.75 Å². The second-order valence-electron chi connectivity index (χ2n) is 7.23. The van der Waals surface area contributed by atoms with Gasteiger partial charge in [0.2, 0.25) is 0 Å². The summed E-state index contributed by atoms with van der Waals surface area (Å²) in [5.74, 6) is 1.02. The molecule has 0 amide bonds. The Bertz CT molecular complexity index is 524. The summed E-state index contributed by atoms with van der Waals surface area (Å²) >= 11 is 0. The van der Waals surface area contributed by atoms with Gasteiger partial charge in [-0.05, 0) is 46.2 Å². The van der Waals surface area contributed by atoms with Gasteiger partial charge in [0, 0.05) is 32.7 Å². The fourth-order valence-corrected chi connectivity index (χ4v) is 4.87. The van der Waals surface area contributed by atoms with Gasteiger partial charge in [-0.2, -0.15) is 0 Å². The van der Waals surface area contributed by atoms with Crippen molar-refractivity contribution in [1.29, 1.82) is 0 Å². The van der Waals surface area contributed by atoms with Gasteiger partial charge in [-0.15, -0.1) is 0 Å². The molecule has 0 aromatic carbocycles. The largest absolute Gasteiger partial charge is 0.355 e. The minimum atomic E-state index is -3.02. The highest BCUT2D eigenvalue weighted by Gasteiger charge is 2.41. The lowest BCUT2D eigenvalue weighted by atomic mass is 10.2. The first kappa shape index (κ1) is 18.5. The molecule has 2 heterocycles. The smallest absolute Gasteiger partial charge is 0.193 e. The molecule has 0 aromatic rings. The molecule has 1 N–H and O–H groups in total. The Morgan fingerprint density at radius 2 is 1.91 bits per heavy atom. The maximum Gasteiger partial charge on any atom is 0.193 e. The molecule has 2 aliphatic rings. The van der Waals surface area contributed by atoms with E-state index >= 15 is 0 Å². The number of hydrogen-bond acceptors (Lipinski definition) is 4. The van der Waals surface area contributed by atoms with Gasteiger partial charge in [0.05, 0.1) is 10.5 Å². The Morgan fingerprint density at radius 3 is 2.43 bits per heavy atom. The van der Waals surface area contributed by atoms with Crippen molar-refractivity contribution in [3.05, 3.63) is 0 Å². The topological polar surface area (TPSA) is 65.0 Å². The van der Waals surface area contributed by atoms with Crippen LogP contribution in [0.2, 0.25) is 0 Å². The van der Waals surface area contributed by atoms with Crippen LogP contribution in [0, 0.1) is 0 Å². The summed E-state index contributed by atoms with van der Waals surface area (Å²) in [6.07, 6.45) is 3.71. The lowest BCUT2D eigenvalue weighted by Gasteiger charge is -2.39. The van der Waals surface area contributed by atoms with Crippen LogP contribution < -0.4 is 5.32 Å². The van der Waals surface area contributed by atoms with Gasteiger partial charge in [-0.25, -0.2) is 8.42 Å². The molecule has 0 bridgehead atoms. The monoisotopic (exact) mass is 344 g/mol. The van der Waals surface area contributed by atoms with Crippen LogP contribution in [-0.2, 0) is 9.84 Å². The first-order valence-corrected chi connectivity index (χ1v) is 10.4. The average Bonchev–Trinajstić information content (AvgIpc) is 3.01. The van der Waals surface area contributed by atoms with Gasteiger partial charge in [0.15, 0.2) is 15.8 Å². The highest BCUT2D eigenvalue weighted by atomic mass is 32.2. The van der Waals surface area contributed by atoms with E-state index in [4.69, 9.17) is 0 Å². The Morgan fingerprint density at radius 1 is 1.26 bits per heavy atom. The van der Waals surface area contributed by atoms with Crippen LogP contribution in [0.4, 0.5) is 0 Å². The second-order valence-corrected chi connectivity index (χ2v) is 9.98. The van der Waals surface area contributed by atoms with E-state index in [1.807, 2.05) is 0 Å². The number of sulfone groups is 1. The lowest BCUT2D eigenvalue weighted by molar-refractivity contribution is 0.233. The molecule has 0 spiro atoms. The van der Waals surface area contributed by atoms with Crippen molar-refractivity contribution >= 4 is 15.8 Å². The molecular formula is C16H32N4O2S. The van der Waals surface area contributed by atoms with Crippen LogP contribution in [0.1, 0.15) is 40.0 Å². The average molecular weight is 345 g/mol. The van der Waals surface area contributed by atoms with E-state index in [2.05, 4.69) is 27.0 Å². The lowest BCUT2D eigenvalue weighted by Crippen LogP contribution is -2.58. The molecule has 2 saturated heterocycles. The molecule has 0 aromatic heterocycles. The van der Waals surface area contributed by atoms with Crippen molar-refractivity contribution in [2.45, 2.75) is 50.8 Å². The first-order chi connectivity index (χ1) is 10.8. The summed E-state index contributed by atoms with van der Waals surface area (Å²) < 4.78 is 23.6. The molecule has 0 radical (unpaired) electrons. The zero-order valence-corrected chi connectivity index (χ0v) is 15.8. The normalized spacial score (nSPS) is 26.3. The molecule has 0 saturated carbocycles. The molecule has 134 valence electrons. The molecule has 1 unspecified atom stereocenters. The molecule has 7 heteroatoms. The molecule has 0 aliphatic carbocycles. The van der Waals surface area contributed by atoms with Crippen LogP contribution in [0.15, 0.2) is 4.99 Å². The van der Waals surface area contributed by atoms with E-state index in [1.54, 1.807) is 20.9 Å². The third-order valence-electron chi connectivity index (χ3n) is 5.18. The third kappa shape index (κ3) is 4.18. The predicted molar refractivity (Wildman–Crippen MR) is 95.7 cm³/mol. The molecule has 2 aliphatic heterocycles. The number of likely N-dealkylation sites (tertiary alicyclic amines) is 1. The highest BCUT2D eigenvalue weighted by molar-refractivity contribution is 7.92. The van der Waals surface area contributed by atoms with Crippen LogP contribution >= 0.6 is 0 Å². The van der Waals surface area contributed by atoms with Gasteiger partial charge in [-0.3, -0.25) is 9.89 Å². The Hall–Kier alpha value is -0.820. The number of nitrogens with zero attached hydrogens (tertiary/aromatic N) is 3. The van der Waals surface area contributed by atoms with Crippen molar-refractivity contribution in [1.82, 2.24) is 15.1 Å². The SMILES string of the molecule is CCC(CNC(=NC)N1CCS(=O)(=O)C(C)(C)C1)N1CCCC1. The maximum atomic E-state index is 12.2. The Labute approximate surface area is 141 Å². The van der Waals surface area contributed by atoms with E-state index in [1.165, 1.54) is 25.9 Å². The number of aliphatic imine (C=N–C) groups is 1. The van der Waals surface area contributed by atoms with Gasteiger partial charge in [0.25, 0.3) is 0 Å². The van der Waals surface area contributed by atoms with E-state index < -0.39 is 14.6 Å². The van der Waals surface area contributed by atoms with Crippen LogP contribution in [0.25, 0.3) is 0 Å². The molecule has 2 rings (SSSR count). The third-order valence-corrected chi connectivity index (χ3v) is 7.71. The summed E-state index contributed by atoms with van der Waals surface area (Å²) in [5, 5.41) is 3.47. The fourth-order valence-electron chi connectivity index (χ4n) is 3.50. The van der Waals surface area contributed by atoms with Crippen LogP contribution in [0.5, 0.6) is 0 Å².